The largest absolute Gasteiger partial charge is 0.346 e. The fraction of sp³-hybridized carbons (Fsp3) is 0.333. The summed E-state index contributed by atoms with van der Waals surface area (Å²) in [6.07, 6.45) is 1.78. The molecule has 1 fully saturated rings. The van der Waals surface area contributed by atoms with Gasteiger partial charge in [0.25, 0.3) is 0 Å². The number of nitrogens with one attached hydrogen (secondary N) is 1. The topological polar surface area (TPSA) is 48.5 Å². The Morgan fingerprint density at radius 2 is 2.00 bits per heavy atom. The van der Waals surface area contributed by atoms with Crippen molar-refractivity contribution in [3.63, 3.8) is 0 Å². The third-order valence-corrected chi connectivity index (χ3v) is 4.46. The van der Waals surface area contributed by atoms with E-state index in [0.717, 1.165) is 43.4 Å². The molecule has 0 bridgehead atoms. The minimum absolute atomic E-state index is 0.227. The van der Waals surface area contributed by atoms with Gasteiger partial charge in [0.15, 0.2) is 16.8 Å². The van der Waals surface area contributed by atoms with Crippen LogP contribution in [0.1, 0.15) is 0 Å². The fourth-order valence-electron chi connectivity index (χ4n) is 2.45. The first-order valence-electron chi connectivity index (χ1n) is 7.23. The van der Waals surface area contributed by atoms with E-state index in [4.69, 9.17) is 0 Å². The summed E-state index contributed by atoms with van der Waals surface area (Å²) in [7, 11) is 0. The molecule has 1 aliphatic heterocycles. The molecule has 0 radical (unpaired) electrons. The Hall–Kier alpha value is -2.06. The van der Waals surface area contributed by atoms with Crippen molar-refractivity contribution >= 4 is 28.1 Å². The summed E-state index contributed by atoms with van der Waals surface area (Å²) in [4.78, 5) is 20.5. The zero-order valence-electron chi connectivity index (χ0n) is 12.3. The summed E-state index contributed by atoms with van der Waals surface area (Å²) >= 11 is 1.60. The number of anilines is 2. The molecule has 1 aromatic carbocycles. The van der Waals surface area contributed by atoms with Crippen molar-refractivity contribution < 1.29 is 13.6 Å². The highest BCUT2D eigenvalue weighted by atomic mass is 32.1. The molecule has 1 aliphatic rings. The van der Waals surface area contributed by atoms with Crippen molar-refractivity contribution in [2.75, 3.05) is 42.9 Å². The molecule has 1 N–H and O–H groups in total. The fourth-order valence-corrected chi connectivity index (χ4v) is 3.14. The van der Waals surface area contributed by atoms with Gasteiger partial charge in [-0.15, -0.1) is 11.3 Å². The van der Waals surface area contributed by atoms with E-state index in [1.165, 1.54) is 6.07 Å². The molecule has 1 saturated heterocycles. The predicted molar refractivity (Wildman–Crippen MR) is 85.8 cm³/mol. The number of carbonyl (C=O) groups excluding carboxylic acids is 1. The van der Waals surface area contributed by atoms with Crippen molar-refractivity contribution in [3.05, 3.63) is 41.4 Å². The van der Waals surface area contributed by atoms with E-state index in [2.05, 4.69) is 15.2 Å². The molecule has 0 spiro atoms. The second-order valence-electron chi connectivity index (χ2n) is 5.25. The van der Waals surface area contributed by atoms with Crippen molar-refractivity contribution in [2.45, 2.75) is 0 Å². The summed E-state index contributed by atoms with van der Waals surface area (Å²) < 4.78 is 26.0. The van der Waals surface area contributed by atoms with Crippen LogP contribution in [0, 0.1) is 11.6 Å². The summed E-state index contributed by atoms with van der Waals surface area (Å²) in [5, 5.41) is 5.52. The van der Waals surface area contributed by atoms with Crippen LogP contribution in [0.2, 0.25) is 0 Å². The van der Waals surface area contributed by atoms with Crippen LogP contribution in [0.3, 0.4) is 0 Å². The number of aromatic nitrogens is 1. The van der Waals surface area contributed by atoms with Gasteiger partial charge in [0, 0.05) is 49.5 Å². The van der Waals surface area contributed by atoms with Gasteiger partial charge in [-0.25, -0.2) is 13.8 Å². The number of nitrogens with zero attached hydrogens (tertiary/aromatic N) is 3. The molecular formula is C15H16F2N4OS. The van der Waals surface area contributed by atoms with Gasteiger partial charge in [-0.05, 0) is 12.1 Å². The van der Waals surface area contributed by atoms with Crippen molar-refractivity contribution in [1.82, 2.24) is 9.88 Å². The van der Waals surface area contributed by atoms with Crippen LogP contribution in [0.25, 0.3) is 0 Å². The molecule has 0 unspecified atom stereocenters. The number of hydrogen-bond donors (Lipinski definition) is 1. The summed E-state index contributed by atoms with van der Waals surface area (Å²) in [6, 6.07) is 3.32. The van der Waals surface area contributed by atoms with Gasteiger partial charge < -0.3 is 10.2 Å². The molecule has 1 amide bonds. The SMILES string of the molecule is O=C(CN1CCN(c2nccs2)CC1)Nc1ccc(F)c(F)c1. The molecule has 2 aromatic rings. The van der Waals surface area contributed by atoms with Crippen LogP contribution < -0.4 is 10.2 Å². The number of carbonyl (C=O) groups is 1. The molecule has 1 aromatic heterocycles. The molecule has 0 aliphatic carbocycles. The second-order valence-corrected chi connectivity index (χ2v) is 6.13. The van der Waals surface area contributed by atoms with E-state index < -0.39 is 11.6 Å². The monoisotopic (exact) mass is 338 g/mol. The Kier molecular flexibility index (Phi) is 4.82. The summed E-state index contributed by atoms with van der Waals surface area (Å²) in [5.74, 6) is -2.14. The zero-order valence-corrected chi connectivity index (χ0v) is 13.2. The average Bonchev–Trinajstić information content (AvgIpc) is 3.06. The minimum Gasteiger partial charge on any atom is -0.346 e. The lowest BCUT2D eigenvalue weighted by atomic mass is 10.3. The minimum atomic E-state index is -0.972. The first kappa shape index (κ1) is 15.8. The molecule has 0 atom stereocenters. The third-order valence-electron chi connectivity index (χ3n) is 3.63. The quantitative estimate of drug-likeness (QED) is 0.928. The van der Waals surface area contributed by atoms with Crippen LogP contribution >= 0.6 is 11.3 Å². The molecule has 122 valence electrons. The van der Waals surface area contributed by atoms with Gasteiger partial charge in [0.05, 0.1) is 6.54 Å². The molecule has 5 nitrogen and oxygen atoms in total. The van der Waals surface area contributed by atoms with E-state index in [1.807, 2.05) is 10.3 Å². The van der Waals surface area contributed by atoms with E-state index in [0.29, 0.717) is 0 Å². The maximum absolute atomic E-state index is 13.1. The number of halogens is 2. The normalized spacial score (nSPS) is 15.7. The standard InChI is InChI=1S/C15H16F2N4OS/c16-12-2-1-11(9-13(12)17)19-14(22)10-20-4-6-21(7-5-20)15-18-3-8-23-15/h1-3,8-9H,4-7,10H2,(H,19,22). The Morgan fingerprint density at radius 1 is 1.22 bits per heavy atom. The Balaban J connectivity index is 1.48. The first-order chi connectivity index (χ1) is 11.1. The molecule has 0 saturated carbocycles. The molecular weight excluding hydrogens is 322 g/mol. The summed E-state index contributed by atoms with van der Waals surface area (Å²) in [5.41, 5.74) is 0.260. The van der Waals surface area contributed by atoms with Crippen molar-refractivity contribution in [2.24, 2.45) is 0 Å². The third kappa shape index (κ3) is 4.02. The van der Waals surface area contributed by atoms with Gasteiger partial charge in [-0.2, -0.15) is 0 Å². The highest BCUT2D eigenvalue weighted by molar-refractivity contribution is 7.13. The lowest BCUT2D eigenvalue weighted by molar-refractivity contribution is -0.117. The molecule has 3 rings (SSSR count). The Morgan fingerprint density at radius 3 is 2.65 bits per heavy atom. The highest BCUT2D eigenvalue weighted by Gasteiger charge is 2.20. The van der Waals surface area contributed by atoms with Crippen LogP contribution in [0.5, 0.6) is 0 Å². The second kappa shape index (κ2) is 7.01. The Bertz CT molecular complexity index is 672. The average molecular weight is 338 g/mol. The van der Waals surface area contributed by atoms with Gasteiger partial charge in [-0.1, -0.05) is 0 Å². The number of rotatable bonds is 4. The maximum atomic E-state index is 13.1. The number of hydrogen-bond acceptors (Lipinski definition) is 5. The van der Waals surface area contributed by atoms with Crippen molar-refractivity contribution in [1.29, 1.82) is 0 Å². The number of benzene rings is 1. The molecule has 23 heavy (non-hydrogen) atoms. The van der Waals surface area contributed by atoms with E-state index in [-0.39, 0.29) is 18.1 Å². The number of amides is 1. The van der Waals surface area contributed by atoms with Gasteiger partial charge in [0.2, 0.25) is 5.91 Å². The molecule has 2 heterocycles. The highest BCUT2D eigenvalue weighted by Crippen LogP contribution is 2.19. The lowest BCUT2D eigenvalue weighted by Gasteiger charge is -2.34. The van der Waals surface area contributed by atoms with Crippen LogP contribution in [0.4, 0.5) is 19.6 Å². The molecule has 8 heteroatoms. The number of piperazine rings is 1. The van der Waals surface area contributed by atoms with E-state index in [9.17, 15) is 13.6 Å². The smallest absolute Gasteiger partial charge is 0.238 e. The number of thiazole rings is 1. The lowest BCUT2D eigenvalue weighted by Crippen LogP contribution is -2.48. The van der Waals surface area contributed by atoms with Crippen LogP contribution in [0.15, 0.2) is 29.8 Å². The Labute approximate surface area is 136 Å². The van der Waals surface area contributed by atoms with Gasteiger partial charge in [-0.3, -0.25) is 9.69 Å². The first-order valence-corrected chi connectivity index (χ1v) is 8.11. The van der Waals surface area contributed by atoms with E-state index >= 15 is 0 Å². The van der Waals surface area contributed by atoms with Crippen LogP contribution in [-0.2, 0) is 4.79 Å². The summed E-state index contributed by atoms with van der Waals surface area (Å²) in [6.45, 7) is 3.36. The zero-order chi connectivity index (χ0) is 16.2. The van der Waals surface area contributed by atoms with E-state index in [1.54, 1.807) is 17.5 Å². The van der Waals surface area contributed by atoms with Gasteiger partial charge >= 0.3 is 0 Å². The van der Waals surface area contributed by atoms with Crippen LogP contribution in [-0.4, -0.2) is 48.5 Å². The predicted octanol–water partition coefficient (Wildman–Crippen LogP) is 2.18. The maximum Gasteiger partial charge on any atom is 0.238 e. The van der Waals surface area contributed by atoms with Gasteiger partial charge in [0.1, 0.15) is 0 Å². The van der Waals surface area contributed by atoms with Crippen molar-refractivity contribution in [3.8, 4) is 0 Å².